The quantitative estimate of drug-likeness (QED) is 0.797. The molecule has 21 heavy (non-hydrogen) atoms. The van der Waals surface area contributed by atoms with Crippen LogP contribution in [-0.4, -0.2) is 65.0 Å². The van der Waals surface area contributed by atoms with E-state index in [0.717, 1.165) is 38.3 Å². The van der Waals surface area contributed by atoms with Gasteiger partial charge < -0.3 is 14.8 Å². The smallest absolute Gasteiger partial charge is 0.234 e. The number of likely N-dealkylation sites (tertiary alicyclic amines) is 1. The zero-order valence-corrected chi connectivity index (χ0v) is 13.4. The average Bonchev–Trinajstić information content (AvgIpc) is 3.06. The molecule has 2 rings (SSSR count). The Balaban J connectivity index is 1.74. The Morgan fingerprint density at radius 3 is 3.00 bits per heavy atom. The number of nitrogens with zero attached hydrogens (tertiary/aromatic N) is 4. The summed E-state index contributed by atoms with van der Waals surface area (Å²) in [5.41, 5.74) is 0. The molecule has 1 aliphatic heterocycles. The number of carbonyl (C=O) groups excluding carboxylic acids is 1. The van der Waals surface area contributed by atoms with Crippen LogP contribution in [0.1, 0.15) is 25.6 Å². The van der Waals surface area contributed by atoms with Crippen molar-refractivity contribution in [2.45, 2.75) is 38.9 Å². The highest BCUT2D eigenvalue weighted by Gasteiger charge is 2.25. The lowest BCUT2D eigenvalue weighted by Gasteiger charge is -2.20. The third-order valence-electron chi connectivity index (χ3n) is 4.05. The maximum Gasteiger partial charge on any atom is 0.234 e. The summed E-state index contributed by atoms with van der Waals surface area (Å²) in [5.74, 6) is 1.01. The van der Waals surface area contributed by atoms with Crippen LogP contribution in [0.25, 0.3) is 0 Å². The van der Waals surface area contributed by atoms with Gasteiger partial charge in [0.15, 0.2) is 0 Å². The molecule has 0 aliphatic carbocycles. The first-order valence-corrected chi connectivity index (χ1v) is 7.75. The minimum Gasteiger partial charge on any atom is -0.348 e. The van der Waals surface area contributed by atoms with Crippen molar-refractivity contribution < 1.29 is 4.79 Å². The predicted octanol–water partition coefficient (Wildman–Crippen LogP) is 0.545. The Morgan fingerprint density at radius 2 is 2.33 bits per heavy atom. The summed E-state index contributed by atoms with van der Waals surface area (Å²) in [6, 6.07) is 0.571. The number of nitrogens with one attached hydrogen (secondary N) is 1. The first kappa shape index (κ1) is 16.0. The van der Waals surface area contributed by atoms with Gasteiger partial charge in [0.05, 0.1) is 13.1 Å². The van der Waals surface area contributed by atoms with Gasteiger partial charge in [0, 0.05) is 38.1 Å². The van der Waals surface area contributed by atoms with Crippen molar-refractivity contribution in [2.75, 3.05) is 33.7 Å². The van der Waals surface area contributed by atoms with E-state index >= 15 is 0 Å². The van der Waals surface area contributed by atoms with Gasteiger partial charge in [-0.15, -0.1) is 0 Å². The van der Waals surface area contributed by atoms with Crippen molar-refractivity contribution in [3.05, 3.63) is 18.2 Å². The van der Waals surface area contributed by atoms with Crippen LogP contribution in [0.2, 0.25) is 0 Å². The molecule has 1 aromatic heterocycles. The van der Waals surface area contributed by atoms with E-state index in [1.165, 1.54) is 0 Å². The maximum atomic E-state index is 12.0. The molecule has 0 spiro atoms. The van der Waals surface area contributed by atoms with Crippen LogP contribution in [0.15, 0.2) is 12.4 Å². The number of rotatable bonds is 7. The molecule has 1 N–H and O–H groups in total. The molecule has 1 amide bonds. The number of hydrogen-bond acceptors (Lipinski definition) is 4. The van der Waals surface area contributed by atoms with Crippen LogP contribution in [0.5, 0.6) is 0 Å². The van der Waals surface area contributed by atoms with Gasteiger partial charge in [-0.3, -0.25) is 9.69 Å². The summed E-state index contributed by atoms with van der Waals surface area (Å²) in [5, 5.41) is 2.98. The second-order valence-corrected chi connectivity index (χ2v) is 5.95. The summed E-state index contributed by atoms with van der Waals surface area (Å²) >= 11 is 0. The van der Waals surface area contributed by atoms with Gasteiger partial charge >= 0.3 is 0 Å². The van der Waals surface area contributed by atoms with Gasteiger partial charge in [-0.1, -0.05) is 6.92 Å². The lowest BCUT2D eigenvalue weighted by molar-refractivity contribution is -0.122. The topological polar surface area (TPSA) is 53.4 Å². The van der Waals surface area contributed by atoms with E-state index in [2.05, 4.69) is 45.7 Å². The number of amides is 1. The fourth-order valence-corrected chi connectivity index (χ4v) is 2.77. The lowest BCUT2D eigenvalue weighted by Crippen LogP contribution is -2.38. The van der Waals surface area contributed by atoms with Crippen LogP contribution in [0.3, 0.4) is 0 Å². The van der Waals surface area contributed by atoms with Crippen molar-refractivity contribution in [1.82, 2.24) is 24.7 Å². The van der Waals surface area contributed by atoms with Crippen LogP contribution in [0, 0.1) is 0 Å². The minimum atomic E-state index is 0.0838. The van der Waals surface area contributed by atoms with E-state index in [4.69, 9.17) is 0 Å². The fraction of sp³-hybridized carbons (Fsp3) is 0.733. The lowest BCUT2D eigenvalue weighted by atomic mass is 10.2. The largest absolute Gasteiger partial charge is 0.348 e. The zero-order chi connectivity index (χ0) is 15.2. The Kier molecular flexibility index (Phi) is 5.76. The Labute approximate surface area is 127 Å². The Hall–Kier alpha value is -1.40. The van der Waals surface area contributed by atoms with Crippen molar-refractivity contribution in [3.63, 3.8) is 0 Å². The van der Waals surface area contributed by atoms with Crippen molar-refractivity contribution in [2.24, 2.45) is 0 Å². The number of hydrogen-bond donors (Lipinski definition) is 1. The van der Waals surface area contributed by atoms with E-state index in [1.54, 1.807) is 6.20 Å². The van der Waals surface area contributed by atoms with Gasteiger partial charge in [0.2, 0.25) is 5.91 Å². The molecule has 0 saturated carbocycles. The van der Waals surface area contributed by atoms with Crippen LogP contribution < -0.4 is 5.32 Å². The highest BCUT2D eigenvalue weighted by atomic mass is 16.2. The summed E-state index contributed by atoms with van der Waals surface area (Å²) in [6.45, 7) is 6.06. The number of carbonyl (C=O) groups is 1. The molecular formula is C15H27N5O. The fourth-order valence-electron chi connectivity index (χ4n) is 2.77. The first-order chi connectivity index (χ1) is 10.1. The van der Waals surface area contributed by atoms with Crippen molar-refractivity contribution in [3.8, 4) is 0 Å². The Bertz CT molecular complexity index is 457. The number of likely N-dealkylation sites (N-methyl/N-ethyl adjacent to an activating group) is 1. The number of aromatic nitrogens is 2. The van der Waals surface area contributed by atoms with Gasteiger partial charge in [-0.25, -0.2) is 4.98 Å². The standard InChI is InChI=1S/C15H27N5O/c1-4-7-20-9-6-16-14(20)10-17-15(21)12-19-8-5-13(11-19)18(2)3/h6,9,13H,4-5,7-8,10-12H2,1-3H3,(H,17,21)/t13-/m1/s1. The van der Waals surface area contributed by atoms with Crippen LogP contribution in [0.4, 0.5) is 0 Å². The maximum absolute atomic E-state index is 12.0. The molecule has 0 unspecified atom stereocenters. The van der Waals surface area contributed by atoms with E-state index < -0.39 is 0 Å². The molecule has 1 aliphatic rings. The molecule has 6 heteroatoms. The molecule has 6 nitrogen and oxygen atoms in total. The first-order valence-electron chi connectivity index (χ1n) is 7.75. The molecule has 118 valence electrons. The molecular weight excluding hydrogens is 266 g/mol. The van der Waals surface area contributed by atoms with E-state index in [-0.39, 0.29) is 5.91 Å². The average molecular weight is 293 g/mol. The summed E-state index contributed by atoms with van der Waals surface area (Å²) in [7, 11) is 4.20. The van der Waals surface area contributed by atoms with E-state index in [0.29, 0.717) is 19.1 Å². The molecule has 0 bridgehead atoms. The molecule has 1 atom stereocenters. The van der Waals surface area contributed by atoms with E-state index in [1.807, 2.05) is 6.20 Å². The Morgan fingerprint density at radius 1 is 1.52 bits per heavy atom. The number of imidazole rings is 1. The molecule has 0 aromatic carbocycles. The van der Waals surface area contributed by atoms with E-state index in [9.17, 15) is 4.79 Å². The number of aryl methyl sites for hydroxylation is 1. The highest BCUT2D eigenvalue weighted by molar-refractivity contribution is 5.77. The van der Waals surface area contributed by atoms with Gasteiger partial charge in [0.25, 0.3) is 0 Å². The highest BCUT2D eigenvalue weighted by Crippen LogP contribution is 2.12. The second-order valence-electron chi connectivity index (χ2n) is 5.95. The third kappa shape index (κ3) is 4.54. The molecule has 2 heterocycles. The molecule has 0 radical (unpaired) electrons. The van der Waals surface area contributed by atoms with Gasteiger partial charge in [-0.05, 0) is 26.9 Å². The van der Waals surface area contributed by atoms with Crippen LogP contribution >= 0.6 is 0 Å². The normalized spacial score (nSPS) is 19.3. The summed E-state index contributed by atoms with van der Waals surface area (Å²) < 4.78 is 2.10. The van der Waals surface area contributed by atoms with Crippen molar-refractivity contribution in [1.29, 1.82) is 0 Å². The van der Waals surface area contributed by atoms with Crippen LogP contribution in [-0.2, 0) is 17.9 Å². The molecule has 1 saturated heterocycles. The minimum absolute atomic E-state index is 0.0838. The predicted molar refractivity (Wildman–Crippen MR) is 82.9 cm³/mol. The van der Waals surface area contributed by atoms with Gasteiger partial charge in [-0.2, -0.15) is 0 Å². The SMILES string of the molecule is CCCn1ccnc1CNC(=O)CN1CC[C@@H](N(C)C)C1. The summed E-state index contributed by atoms with van der Waals surface area (Å²) in [4.78, 5) is 20.8. The molecule has 1 aromatic rings. The van der Waals surface area contributed by atoms with Crippen molar-refractivity contribution >= 4 is 5.91 Å². The third-order valence-corrected chi connectivity index (χ3v) is 4.05. The monoisotopic (exact) mass is 293 g/mol. The zero-order valence-electron chi connectivity index (χ0n) is 13.4. The van der Waals surface area contributed by atoms with Gasteiger partial charge in [0.1, 0.15) is 5.82 Å². The second kappa shape index (κ2) is 7.56. The summed E-state index contributed by atoms with van der Waals surface area (Å²) in [6.07, 6.45) is 5.96. The molecule has 1 fully saturated rings.